The van der Waals surface area contributed by atoms with Gasteiger partial charge in [0, 0.05) is 17.8 Å². The number of hydrogen-bond donors (Lipinski definition) is 2. The molecule has 0 atom stereocenters. The van der Waals surface area contributed by atoms with Gasteiger partial charge in [0.25, 0.3) is 0 Å². The second-order valence-electron chi connectivity index (χ2n) is 6.26. The fourth-order valence-corrected chi connectivity index (χ4v) is 2.88. The predicted molar refractivity (Wildman–Crippen MR) is 110 cm³/mol. The van der Waals surface area contributed by atoms with Crippen molar-refractivity contribution in [2.24, 2.45) is 4.99 Å². The first-order chi connectivity index (χ1) is 13.8. The third kappa shape index (κ3) is 4.16. The number of aromatic nitrogens is 1. The summed E-state index contributed by atoms with van der Waals surface area (Å²) in [5, 5.41) is 11.7. The molecule has 0 saturated heterocycles. The molecule has 3 aromatic carbocycles. The minimum Gasteiger partial charge on any atom is -0.439 e. The first-order valence-electron chi connectivity index (χ1n) is 8.93. The van der Waals surface area contributed by atoms with Crippen molar-refractivity contribution in [3.05, 3.63) is 102 Å². The van der Waals surface area contributed by atoms with Crippen molar-refractivity contribution in [2.45, 2.75) is 6.54 Å². The minimum atomic E-state index is 0.355. The van der Waals surface area contributed by atoms with Gasteiger partial charge in [-0.15, -0.1) is 0 Å². The Labute approximate surface area is 162 Å². The SMILES string of the molecule is ONC(=NCc1ccccc1)c1ccc(Oc2ccc3ccccc3c2)nc1. The van der Waals surface area contributed by atoms with Gasteiger partial charge in [0.2, 0.25) is 5.88 Å². The van der Waals surface area contributed by atoms with Crippen LogP contribution in [0.2, 0.25) is 0 Å². The number of ether oxygens (including phenoxy) is 1. The number of nitrogens with one attached hydrogen (secondary N) is 1. The largest absolute Gasteiger partial charge is 0.439 e. The predicted octanol–water partition coefficient (Wildman–Crippen LogP) is 4.95. The normalized spacial score (nSPS) is 11.4. The van der Waals surface area contributed by atoms with Gasteiger partial charge in [-0.3, -0.25) is 15.7 Å². The summed E-state index contributed by atoms with van der Waals surface area (Å²) in [5.74, 6) is 1.55. The molecule has 0 amide bonds. The van der Waals surface area contributed by atoms with Crippen molar-refractivity contribution in [1.82, 2.24) is 10.5 Å². The van der Waals surface area contributed by atoms with Crippen LogP contribution in [-0.4, -0.2) is 16.0 Å². The molecule has 138 valence electrons. The van der Waals surface area contributed by atoms with Crippen LogP contribution in [0.15, 0.2) is 96.1 Å². The van der Waals surface area contributed by atoms with Crippen molar-refractivity contribution >= 4 is 16.6 Å². The van der Waals surface area contributed by atoms with Gasteiger partial charge in [0.15, 0.2) is 5.84 Å². The maximum Gasteiger partial charge on any atom is 0.219 e. The van der Waals surface area contributed by atoms with Gasteiger partial charge in [-0.2, -0.15) is 0 Å². The van der Waals surface area contributed by atoms with Crippen LogP contribution in [0.3, 0.4) is 0 Å². The Bertz CT molecular complexity index is 1090. The van der Waals surface area contributed by atoms with Gasteiger partial charge < -0.3 is 4.74 Å². The molecule has 1 heterocycles. The topological polar surface area (TPSA) is 66.7 Å². The van der Waals surface area contributed by atoms with Gasteiger partial charge in [-0.05, 0) is 34.5 Å². The lowest BCUT2D eigenvalue weighted by Gasteiger charge is -2.08. The first-order valence-corrected chi connectivity index (χ1v) is 8.93. The van der Waals surface area contributed by atoms with E-state index in [4.69, 9.17) is 4.74 Å². The monoisotopic (exact) mass is 369 g/mol. The van der Waals surface area contributed by atoms with Crippen LogP contribution in [0.1, 0.15) is 11.1 Å². The van der Waals surface area contributed by atoms with Crippen molar-refractivity contribution < 1.29 is 9.94 Å². The zero-order valence-corrected chi connectivity index (χ0v) is 15.1. The molecule has 0 aliphatic rings. The van der Waals surface area contributed by atoms with Crippen LogP contribution in [0.4, 0.5) is 0 Å². The number of fused-ring (bicyclic) bond motifs is 1. The van der Waals surface area contributed by atoms with E-state index < -0.39 is 0 Å². The summed E-state index contributed by atoms with van der Waals surface area (Å²) in [4.78, 5) is 8.73. The van der Waals surface area contributed by atoms with E-state index in [2.05, 4.69) is 21.5 Å². The molecule has 4 aromatic rings. The molecule has 5 heteroatoms. The van der Waals surface area contributed by atoms with Gasteiger partial charge in [0.1, 0.15) is 5.75 Å². The molecule has 0 spiro atoms. The second kappa shape index (κ2) is 8.33. The molecule has 0 bridgehead atoms. The molecule has 0 aliphatic heterocycles. The molecule has 0 radical (unpaired) electrons. The average Bonchev–Trinajstić information content (AvgIpc) is 2.76. The van der Waals surface area contributed by atoms with Crippen LogP contribution < -0.4 is 10.2 Å². The number of amidine groups is 1. The van der Waals surface area contributed by atoms with E-state index in [0.29, 0.717) is 23.8 Å². The van der Waals surface area contributed by atoms with Crippen LogP contribution in [-0.2, 0) is 6.54 Å². The average molecular weight is 369 g/mol. The first kappa shape index (κ1) is 17.7. The van der Waals surface area contributed by atoms with Gasteiger partial charge in [-0.1, -0.05) is 60.7 Å². The molecule has 0 aliphatic carbocycles. The molecule has 1 aromatic heterocycles. The summed E-state index contributed by atoms with van der Waals surface area (Å²) in [6.45, 7) is 0.457. The van der Waals surface area contributed by atoms with Crippen LogP contribution >= 0.6 is 0 Å². The number of pyridine rings is 1. The third-order valence-electron chi connectivity index (χ3n) is 4.32. The van der Waals surface area contributed by atoms with E-state index in [1.54, 1.807) is 18.3 Å². The zero-order chi connectivity index (χ0) is 19.2. The number of benzene rings is 3. The molecular formula is C23H19N3O2. The lowest BCUT2D eigenvalue weighted by Crippen LogP contribution is -2.20. The molecule has 5 nitrogen and oxygen atoms in total. The Kier molecular flexibility index (Phi) is 5.26. The fourth-order valence-electron chi connectivity index (χ4n) is 2.88. The molecule has 0 unspecified atom stereocenters. The van der Waals surface area contributed by atoms with Crippen LogP contribution in [0, 0.1) is 0 Å². The maximum atomic E-state index is 9.42. The summed E-state index contributed by atoms with van der Waals surface area (Å²) in [5.41, 5.74) is 3.87. The van der Waals surface area contributed by atoms with Crippen LogP contribution in [0.25, 0.3) is 10.8 Å². The molecular weight excluding hydrogens is 350 g/mol. The smallest absolute Gasteiger partial charge is 0.219 e. The van der Waals surface area contributed by atoms with E-state index in [0.717, 1.165) is 22.1 Å². The Morgan fingerprint density at radius 1 is 0.893 bits per heavy atom. The van der Waals surface area contributed by atoms with Gasteiger partial charge in [0.05, 0.1) is 6.54 Å². The molecule has 28 heavy (non-hydrogen) atoms. The minimum absolute atomic E-state index is 0.355. The summed E-state index contributed by atoms with van der Waals surface area (Å²) in [7, 11) is 0. The second-order valence-corrected chi connectivity index (χ2v) is 6.26. The number of nitrogens with zero attached hydrogens (tertiary/aromatic N) is 2. The molecule has 0 saturated carbocycles. The lowest BCUT2D eigenvalue weighted by molar-refractivity contribution is 0.234. The highest BCUT2D eigenvalue weighted by atomic mass is 16.5. The lowest BCUT2D eigenvalue weighted by atomic mass is 10.1. The van der Waals surface area contributed by atoms with Gasteiger partial charge >= 0.3 is 0 Å². The fraction of sp³-hybridized carbons (Fsp3) is 0.0435. The standard InChI is InChI=1S/C23H19N3O2/c27-26-23(25-15-17-6-2-1-3-7-17)20-11-13-22(24-16-20)28-21-12-10-18-8-4-5-9-19(18)14-21/h1-14,16,27H,15H2,(H,25,26). The quantitative estimate of drug-likeness (QED) is 0.297. The number of hydrogen-bond acceptors (Lipinski definition) is 4. The molecule has 4 rings (SSSR count). The zero-order valence-electron chi connectivity index (χ0n) is 15.1. The number of rotatable bonds is 5. The molecule has 0 fully saturated rings. The highest BCUT2D eigenvalue weighted by molar-refractivity contribution is 5.97. The van der Waals surface area contributed by atoms with E-state index in [1.807, 2.05) is 66.7 Å². The number of aliphatic imine (C=N–C) groups is 1. The third-order valence-corrected chi connectivity index (χ3v) is 4.32. The van der Waals surface area contributed by atoms with Gasteiger partial charge in [-0.25, -0.2) is 4.98 Å². The van der Waals surface area contributed by atoms with E-state index >= 15 is 0 Å². The Morgan fingerprint density at radius 3 is 2.43 bits per heavy atom. The Balaban J connectivity index is 1.49. The number of hydroxylamine groups is 1. The van der Waals surface area contributed by atoms with Crippen LogP contribution in [0.5, 0.6) is 11.6 Å². The summed E-state index contributed by atoms with van der Waals surface area (Å²) < 4.78 is 5.85. The van der Waals surface area contributed by atoms with Crippen molar-refractivity contribution in [1.29, 1.82) is 0 Å². The summed E-state index contributed by atoms with van der Waals surface area (Å²) in [6.07, 6.45) is 1.61. The van der Waals surface area contributed by atoms with E-state index in [-0.39, 0.29) is 0 Å². The van der Waals surface area contributed by atoms with E-state index in [1.165, 1.54) is 0 Å². The molecule has 2 N–H and O–H groups in total. The summed E-state index contributed by atoms with van der Waals surface area (Å²) >= 11 is 0. The maximum absolute atomic E-state index is 9.42. The van der Waals surface area contributed by atoms with E-state index in [9.17, 15) is 5.21 Å². The van der Waals surface area contributed by atoms with Crippen molar-refractivity contribution in [2.75, 3.05) is 0 Å². The Morgan fingerprint density at radius 2 is 1.68 bits per heavy atom. The highest BCUT2D eigenvalue weighted by Crippen LogP contribution is 2.24. The van der Waals surface area contributed by atoms with Crippen molar-refractivity contribution in [3.8, 4) is 11.6 Å². The van der Waals surface area contributed by atoms with Crippen molar-refractivity contribution in [3.63, 3.8) is 0 Å². The highest BCUT2D eigenvalue weighted by Gasteiger charge is 2.05. The Hall–Kier alpha value is -3.70. The summed E-state index contributed by atoms with van der Waals surface area (Å²) in [6, 6.07) is 27.4.